The normalized spacial score (nSPS) is 12.3. The Morgan fingerprint density at radius 1 is 1.48 bits per heavy atom. The molecular formula is C15H23FN4O3. The van der Waals surface area contributed by atoms with Crippen LogP contribution in [0.4, 0.5) is 20.7 Å². The van der Waals surface area contributed by atoms with Gasteiger partial charge in [0.15, 0.2) is 0 Å². The predicted molar refractivity (Wildman–Crippen MR) is 86.2 cm³/mol. The zero-order valence-corrected chi connectivity index (χ0v) is 14.0. The van der Waals surface area contributed by atoms with Crippen LogP contribution in [0.2, 0.25) is 0 Å². The Hall–Kier alpha value is -2.38. The first kappa shape index (κ1) is 18.7. The third-order valence-electron chi connectivity index (χ3n) is 2.67. The molecule has 1 atom stereocenters. The van der Waals surface area contributed by atoms with Gasteiger partial charge in [-0.3, -0.25) is 0 Å². The van der Waals surface area contributed by atoms with E-state index < -0.39 is 23.6 Å². The van der Waals surface area contributed by atoms with Crippen LogP contribution < -0.4 is 15.5 Å². The number of pyridine rings is 1. The number of nitrogens with zero attached hydrogens (tertiary/aromatic N) is 2. The number of hydrogen-bond acceptors (Lipinski definition) is 6. The van der Waals surface area contributed by atoms with Crippen LogP contribution in [0.25, 0.3) is 0 Å². The SMILES string of the molecule is CN(C)c1cc(F)cnc1NC[C@@H](C=O)NC(=O)OC(C)(C)C. The van der Waals surface area contributed by atoms with Gasteiger partial charge in [-0.05, 0) is 20.8 Å². The van der Waals surface area contributed by atoms with Crippen LogP contribution in [0.5, 0.6) is 0 Å². The van der Waals surface area contributed by atoms with Crippen molar-refractivity contribution in [1.82, 2.24) is 10.3 Å². The highest BCUT2D eigenvalue weighted by Crippen LogP contribution is 2.22. The molecule has 0 aromatic carbocycles. The molecule has 23 heavy (non-hydrogen) atoms. The molecule has 0 aliphatic rings. The van der Waals surface area contributed by atoms with E-state index in [0.29, 0.717) is 17.8 Å². The Kier molecular flexibility index (Phi) is 6.29. The summed E-state index contributed by atoms with van der Waals surface area (Å²) in [5.74, 6) is -0.0488. The van der Waals surface area contributed by atoms with E-state index in [9.17, 15) is 14.0 Å². The number of halogens is 1. The van der Waals surface area contributed by atoms with E-state index in [1.165, 1.54) is 6.07 Å². The molecule has 0 unspecified atom stereocenters. The van der Waals surface area contributed by atoms with Gasteiger partial charge in [0.05, 0.1) is 11.9 Å². The molecule has 1 amide bonds. The molecule has 8 heteroatoms. The largest absolute Gasteiger partial charge is 0.444 e. The summed E-state index contributed by atoms with van der Waals surface area (Å²) in [5.41, 5.74) is -0.117. The molecule has 1 aromatic rings. The smallest absolute Gasteiger partial charge is 0.408 e. The summed E-state index contributed by atoms with van der Waals surface area (Å²) in [7, 11) is 3.50. The molecule has 0 aliphatic carbocycles. The second kappa shape index (κ2) is 7.75. The Balaban J connectivity index is 2.68. The highest BCUT2D eigenvalue weighted by Gasteiger charge is 2.19. The van der Waals surface area contributed by atoms with E-state index in [4.69, 9.17) is 4.74 Å². The van der Waals surface area contributed by atoms with Crippen molar-refractivity contribution >= 4 is 23.9 Å². The van der Waals surface area contributed by atoms with E-state index >= 15 is 0 Å². The Labute approximate surface area is 135 Å². The molecule has 7 nitrogen and oxygen atoms in total. The summed E-state index contributed by atoms with van der Waals surface area (Å²) < 4.78 is 18.3. The van der Waals surface area contributed by atoms with Crippen molar-refractivity contribution in [3.05, 3.63) is 18.1 Å². The number of carbonyl (C=O) groups is 2. The molecule has 2 N–H and O–H groups in total. The minimum Gasteiger partial charge on any atom is -0.444 e. The number of aldehydes is 1. The van der Waals surface area contributed by atoms with Crippen LogP contribution in [0.15, 0.2) is 12.3 Å². The van der Waals surface area contributed by atoms with Crippen molar-refractivity contribution in [2.45, 2.75) is 32.4 Å². The van der Waals surface area contributed by atoms with Crippen molar-refractivity contribution in [1.29, 1.82) is 0 Å². The summed E-state index contributed by atoms with van der Waals surface area (Å²) in [5, 5.41) is 5.37. The Bertz CT molecular complexity index is 558. The van der Waals surface area contributed by atoms with Gasteiger partial charge < -0.3 is 25.1 Å². The summed E-state index contributed by atoms with van der Waals surface area (Å²) >= 11 is 0. The zero-order valence-electron chi connectivity index (χ0n) is 14.0. The minimum absolute atomic E-state index is 0.0994. The van der Waals surface area contributed by atoms with Gasteiger partial charge in [-0.1, -0.05) is 0 Å². The molecular weight excluding hydrogens is 303 g/mol. The number of rotatable bonds is 6. The van der Waals surface area contributed by atoms with Crippen LogP contribution in [-0.2, 0) is 9.53 Å². The Morgan fingerprint density at radius 2 is 2.13 bits per heavy atom. The van der Waals surface area contributed by atoms with Crippen molar-refractivity contribution in [3.8, 4) is 0 Å². The van der Waals surface area contributed by atoms with Gasteiger partial charge in [-0.25, -0.2) is 14.2 Å². The van der Waals surface area contributed by atoms with Gasteiger partial charge >= 0.3 is 6.09 Å². The lowest BCUT2D eigenvalue weighted by molar-refractivity contribution is -0.109. The van der Waals surface area contributed by atoms with Gasteiger partial charge in [0.25, 0.3) is 0 Å². The monoisotopic (exact) mass is 326 g/mol. The third kappa shape index (κ3) is 6.50. The number of nitrogens with one attached hydrogen (secondary N) is 2. The predicted octanol–water partition coefficient (Wildman–Crippen LogP) is 1.79. The van der Waals surface area contributed by atoms with E-state index in [2.05, 4.69) is 15.6 Å². The van der Waals surface area contributed by atoms with Crippen LogP contribution in [0, 0.1) is 5.82 Å². The van der Waals surface area contributed by atoms with Crippen LogP contribution in [0.3, 0.4) is 0 Å². The second-order valence-electron chi connectivity index (χ2n) is 6.19. The first-order valence-corrected chi connectivity index (χ1v) is 7.14. The molecule has 0 radical (unpaired) electrons. The van der Waals surface area contributed by atoms with Crippen molar-refractivity contribution in [2.75, 3.05) is 30.9 Å². The van der Waals surface area contributed by atoms with E-state index in [1.807, 2.05) is 0 Å². The molecule has 0 aliphatic heterocycles. The molecule has 0 spiro atoms. The lowest BCUT2D eigenvalue weighted by Crippen LogP contribution is -2.43. The fourth-order valence-electron chi connectivity index (χ4n) is 1.70. The second-order valence-corrected chi connectivity index (χ2v) is 6.19. The fourth-order valence-corrected chi connectivity index (χ4v) is 1.70. The van der Waals surface area contributed by atoms with Crippen molar-refractivity contribution in [2.24, 2.45) is 0 Å². The van der Waals surface area contributed by atoms with E-state index in [1.54, 1.807) is 39.8 Å². The lowest BCUT2D eigenvalue weighted by atomic mass is 10.2. The number of aromatic nitrogens is 1. The lowest BCUT2D eigenvalue weighted by Gasteiger charge is -2.22. The summed E-state index contributed by atoms with van der Waals surface area (Å²) in [6.45, 7) is 5.29. The maximum atomic E-state index is 13.3. The van der Waals surface area contributed by atoms with Gasteiger partial charge in [0, 0.05) is 26.7 Å². The number of amides is 1. The number of alkyl carbamates (subject to hydrolysis) is 1. The highest BCUT2D eigenvalue weighted by atomic mass is 19.1. The number of anilines is 2. The summed E-state index contributed by atoms with van der Waals surface area (Å²) in [6, 6.07) is 0.527. The number of carbonyl (C=O) groups excluding carboxylic acids is 2. The molecule has 0 saturated heterocycles. The van der Waals surface area contributed by atoms with Gasteiger partial charge in [-0.15, -0.1) is 0 Å². The van der Waals surface area contributed by atoms with E-state index in [-0.39, 0.29) is 6.54 Å². The maximum Gasteiger partial charge on any atom is 0.408 e. The van der Waals surface area contributed by atoms with Gasteiger partial charge in [0.1, 0.15) is 29.6 Å². The van der Waals surface area contributed by atoms with Crippen molar-refractivity contribution in [3.63, 3.8) is 0 Å². The molecule has 0 bridgehead atoms. The topological polar surface area (TPSA) is 83.6 Å². The van der Waals surface area contributed by atoms with Crippen LogP contribution in [0.1, 0.15) is 20.8 Å². The highest BCUT2D eigenvalue weighted by molar-refractivity contribution is 5.74. The molecule has 1 heterocycles. The first-order valence-electron chi connectivity index (χ1n) is 7.14. The van der Waals surface area contributed by atoms with Crippen molar-refractivity contribution < 1.29 is 18.7 Å². The van der Waals surface area contributed by atoms with Gasteiger partial charge in [0.2, 0.25) is 0 Å². The van der Waals surface area contributed by atoms with Crippen LogP contribution in [-0.4, -0.2) is 49.6 Å². The average Bonchev–Trinajstić information content (AvgIpc) is 2.42. The first-order chi connectivity index (χ1) is 10.6. The zero-order chi connectivity index (χ0) is 17.6. The quantitative estimate of drug-likeness (QED) is 0.776. The number of ether oxygens (including phenoxy) is 1. The molecule has 128 valence electrons. The average molecular weight is 326 g/mol. The molecule has 0 saturated carbocycles. The number of hydrogen-bond donors (Lipinski definition) is 2. The standard InChI is InChI=1S/C15H23FN4O3/c1-15(2,3)23-14(22)19-11(9-21)8-18-13-12(20(4)5)6-10(16)7-17-13/h6-7,9,11H,8H2,1-5H3,(H,17,18)(H,19,22)/t11-/m0/s1. The molecule has 1 aromatic heterocycles. The third-order valence-corrected chi connectivity index (χ3v) is 2.67. The summed E-state index contributed by atoms with van der Waals surface area (Å²) in [6.07, 6.45) is 0.985. The Morgan fingerprint density at radius 3 is 2.65 bits per heavy atom. The summed E-state index contributed by atoms with van der Waals surface area (Å²) in [4.78, 5) is 28.4. The molecule has 1 rings (SSSR count). The minimum atomic E-state index is -0.799. The van der Waals surface area contributed by atoms with E-state index in [0.717, 1.165) is 6.20 Å². The van der Waals surface area contributed by atoms with Gasteiger partial charge in [-0.2, -0.15) is 0 Å². The van der Waals surface area contributed by atoms with Crippen LogP contribution >= 0.6 is 0 Å². The maximum absolute atomic E-state index is 13.3. The fraction of sp³-hybridized carbons (Fsp3) is 0.533. The molecule has 0 fully saturated rings.